The van der Waals surface area contributed by atoms with E-state index in [0.717, 1.165) is 3.57 Å². The van der Waals surface area contributed by atoms with Crippen molar-refractivity contribution in [2.75, 3.05) is 26.6 Å². The molecule has 7 nitrogen and oxygen atoms in total. The first kappa shape index (κ1) is 19.2. The van der Waals surface area contributed by atoms with E-state index in [9.17, 15) is 4.79 Å². The van der Waals surface area contributed by atoms with Gasteiger partial charge in [0.05, 0.1) is 21.3 Å². The number of carbonyl (C=O) groups is 1. The maximum absolute atomic E-state index is 12.4. The van der Waals surface area contributed by atoms with E-state index in [1.165, 1.54) is 21.3 Å². The first-order valence-electron chi connectivity index (χ1n) is 7.02. The van der Waals surface area contributed by atoms with Crippen molar-refractivity contribution in [1.82, 2.24) is 10.3 Å². The van der Waals surface area contributed by atoms with Crippen molar-refractivity contribution in [3.8, 4) is 17.2 Å². The molecular formula is C16H16IN3O4S. The number of carbonyl (C=O) groups excluding carboxylic acids is 1. The zero-order chi connectivity index (χ0) is 18.4. The summed E-state index contributed by atoms with van der Waals surface area (Å²) in [5.74, 6) is 1.29. The third-order valence-corrected chi connectivity index (χ3v) is 3.97. The molecule has 0 aliphatic carbocycles. The lowest BCUT2D eigenvalue weighted by molar-refractivity contribution is 0.0977. The van der Waals surface area contributed by atoms with Gasteiger partial charge < -0.3 is 19.5 Å². The number of benzene rings is 1. The SMILES string of the molecule is COc1cc(C(=O)NC(=S)Nc2ccc(I)cn2)cc(OC)c1OC. The molecule has 0 saturated heterocycles. The fraction of sp³-hybridized carbons (Fsp3) is 0.188. The summed E-state index contributed by atoms with van der Waals surface area (Å²) in [6.45, 7) is 0. The summed E-state index contributed by atoms with van der Waals surface area (Å²) in [6, 6.07) is 6.73. The highest BCUT2D eigenvalue weighted by Gasteiger charge is 2.17. The minimum atomic E-state index is -0.415. The van der Waals surface area contributed by atoms with Crippen LogP contribution in [-0.4, -0.2) is 37.3 Å². The van der Waals surface area contributed by atoms with E-state index >= 15 is 0 Å². The molecule has 132 valence electrons. The van der Waals surface area contributed by atoms with Gasteiger partial charge in [-0.1, -0.05) is 0 Å². The molecule has 1 aromatic heterocycles. The molecule has 1 aromatic carbocycles. The number of thiocarbonyl (C=S) groups is 1. The number of nitrogens with zero attached hydrogens (tertiary/aromatic N) is 1. The van der Waals surface area contributed by atoms with Gasteiger partial charge in [0.15, 0.2) is 16.6 Å². The fourth-order valence-corrected chi connectivity index (χ4v) is 2.50. The lowest BCUT2D eigenvalue weighted by Gasteiger charge is -2.14. The summed E-state index contributed by atoms with van der Waals surface area (Å²) in [4.78, 5) is 16.6. The zero-order valence-electron chi connectivity index (χ0n) is 13.8. The molecule has 0 aliphatic rings. The second-order valence-corrected chi connectivity index (χ2v) is 6.34. The minimum absolute atomic E-state index is 0.132. The van der Waals surface area contributed by atoms with Gasteiger partial charge >= 0.3 is 0 Å². The standard InChI is InChI=1S/C16H16IN3O4S/c1-22-11-6-9(7-12(23-2)14(11)24-3)15(21)20-16(25)19-13-5-4-10(17)8-18-13/h4-8H,1-3H3,(H2,18,19,20,21,25). The molecular weight excluding hydrogens is 457 g/mol. The molecule has 2 rings (SSSR count). The summed E-state index contributed by atoms with van der Waals surface area (Å²) in [5, 5.41) is 5.57. The number of methoxy groups -OCH3 is 3. The Balaban J connectivity index is 2.14. The highest BCUT2D eigenvalue weighted by molar-refractivity contribution is 14.1. The molecule has 2 N–H and O–H groups in total. The largest absolute Gasteiger partial charge is 0.493 e. The highest BCUT2D eigenvalue weighted by Crippen LogP contribution is 2.38. The van der Waals surface area contributed by atoms with Gasteiger partial charge in [0.1, 0.15) is 5.82 Å². The van der Waals surface area contributed by atoms with Crippen LogP contribution < -0.4 is 24.8 Å². The summed E-state index contributed by atoms with van der Waals surface area (Å²) in [6.07, 6.45) is 1.69. The van der Waals surface area contributed by atoms with Crippen LogP contribution in [0.2, 0.25) is 0 Å². The predicted octanol–water partition coefficient (Wildman–Crippen LogP) is 2.84. The van der Waals surface area contributed by atoms with Crippen molar-refractivity contribution >= 4 is 51.6 Å². The van der Waals surface area contributed by atoms with E-state index in [1.54, 1.807) is 24.4 Å². The second-order valence-electron chi connectivity index (χ2n) is 4.68. The third-order valence-electron chi connectivity index (χ3n) is 3.12. The Morgan fingerprint density at radius 3 is 2.24 bits per heavy atom. The van der Waals surface area contributed by atoms with Crippen LogP contribution in [0.25, 0.3) is 0 Å². The number of amides is 1. The molecule has 25 heavy (non-hydrogen) atoms. The summed E-state index contributed by atoms with van der Waals surface area (Å²) >= 11 is 7.29. The lowest BCUT2D eigenvalue weighted by atomic mass is 10.1. The number of pyridine rings is 1. The number of nitrogens with one attached hydrogen (secondary N) is 2. The van der Waals surface area contributed by atoms with Crippen LogP contribution in [0.15, 0.2) is 30.5 Å². The Labute approximate surface area is 164 Å². The van der Waals surface area contributed by atoms with Crippen LogP contribution in [0.5, 0.6) is 17.2 Å². The molecule has 0 unspecified atom stereocenters. The monoisotopic (exact) mass is 473 g/mol. The molecule has 1 heterocycles. The van der Waals surface area contributed by atoms with E-state index in [1.807, 2.05) is 6.07 Å². The average molecular weight is 473 g/mol. The van der Waals surface area contributed by atoms with Gasteiger partial charge in [0.2, 0.25) is 5.75 Å². The topological polar surface area (TPSA) is 81.7 Å². The summed E-state index contributed by atoms with van der Waals surface area (Å²) < 4.78 is 16.7. The van der Waals surface area contributed by atoms with Gasteiger partial charge in [-0.15, -0.1) is 0 Å². The molecule has 1 amide bonds. The smallest absolute Gasteiger partial charge is 0.257 e. The number of halogens is 1. The zero-order valence-corrected chi connectivity index (χ0v) is 16.7. The van der Waals surface area contributed by atoms with Crippen LogP contribution in [0.3, 0.4) is 0 Å². The molecule has 0 spiro atoms. The number of hydrogen-bond donors (Lipinski definition) is 2. The average Bonchev–Trinajstić information content (AvgIpc) is 2.62. The normalized spacial score (nSPS) is 9.92. The van der Waals surface area contributed by atoms with Crippen molar-refractivity contribution in [2.24, 2.45) is 0 Å². The van der Waals surface area contributed by atoms with Crippen LogP contribution >= 0.6 is 34.8 Å². The highest BCUT2D eigenvalue weighted by atomic mass is 127. The van der Waals surface area contributed by atoms with E-state index in [4.69, 9.17) is 26.4 Å². The molecule has 9 heteroatoms. The maximum Gasteiger partial charge on any atom is 0.257 e. The number of rotatable bonds is 5. The molecule has 2 aromatic rings. The summed E-state index contributed by atoms with van der Waals surface area (Å²) in [5.41, 5.74) is 0.314. The number of aromatic nitrogens is 1. The second kappa shape index (κ2) is 8.81. The van der Waals surface area contributed by atoms with Gasteiger partial charge in [0.25, 0.3) is 5.91 Å². The first-order valence-corrected chi connectivity index (χ1v) is 8.51. The van der Waals surface area contributed by atoms with Crippen molar-refractivity contribution in [1.29, 1.82) is 0 Å². The van der Waals surface area contributed by atoms with Crippen LogP contribution in [-0.2, 0) is 0 Å². The molecule has 0 fully saturated rings. The van der Waals surface area contributed by atoms with E-state index in [-0.39, 0.29) is 5.11 Å². The van der Waals surface area contributed by atoms with Gasteiger partial charge in [-0.2, -0.15) is 0 Å². The molecule has 0 saturated carbocycles. The molecule has 0 atom stereocenters. The number of anilines is 1. The Morgan fingerprint density at radius 1 is 1.12 bits per heavy atom. The first-order chi connectivity index (χ1) is 12.0. The lowest BCUT2D eigenvalue weighted by Crippen LogP contribution is -2.34. The van der Waals surface area contributed by atoms with Crippen LogP contribution in [0.1, 0.15) is 10.4 Å². The van der Waals surface area contributed by atoms with Crippen molar-refractivity contribution in [2.45, 2.75) is 0 Å². The van der Waals surface area contributed by atoms with E-state index < -0.39 is 5.91 Å². The molecule has 0 aliphatic heterocycles. The van der Waals surface area contributed by atoms with Gasteiger partial charge in [-0.3, -0.25) is 10.1 Å². The minimum Gasteiger partial charge on any atom is -0.493 e. The quantitative estimate of drug-likeness (QED) is 0.511. The van der Waals surface area contributed by atoms with Crippen molar-refractivity contribution < 1.29 is 19.0 Å². The van der Waals surface area contributed by atoms with Crippen molar-refractivity contribution in [3.63, 3.8) is 0 Å². The molecule has 0 radical (unpaired) electrons. The Hall–Kier alpha value is -2.14. The predicted molar refractivity (Wildman–Crippen MR) is 107 cm³/mol. The Bertz CT molecular complexity index is 758. The van der Waals surface area contributed by atoms with Crippen LogP contribution in [0, 0.1) is 3.57 Å². The Kier molecular flexibility index (Phi) is 6.76. The van der Waals surface area contributed by atoms with Gasteiger partial charge in [-0.05, 0) is 59.1 Å². The maximum atomic E-state index is 12.4. The Morgan fingerprint density at radius 2 is 1.76 bits per heavy atom. The van der Waals surface area contributed by atoms with Gasteiger partial charge in [0, 0.05) is 15.3 Å². The van der Waals surface area contributed by atoms with Crippen molar-refractivity contribution in [3.05, 3.63) is 39.6 Å². The molecule has 0 bridgehead atoms. The third kappa shape index (κ3) is 4.92. The van der Waals surface area contributed by atoms with E-state index in [0.29, 0.717) is 28.6 Å². The fourth-order valence-electron chi connectivity index (χ4n) is 1.98. The number of ether oxygens (including phenoxy) is 3. The van der Waals surface area contributed by atoms with Gasteiger partial charge in [-0.25, -0.2) is 4.98 Å². The van der Waals surface area contributed by atoms with Crippen LogP contribution in [0.4, 0.5) is 5.82 Å². The van der Waals surface area contributed by atoms with E-state index in [2.05, 4.69) is 38.2 Å². The number of hydrogen-bond acceptors (Lipinski definition) is 6. The summed E-state index contributed by atoms with van der Waals surface area (Å²) in [7, 11) is 4.45.